The van der Waals surface area contributed by atoms with Crippen molar-refractivity contribution in [3.8, 4) is 5.75 Å². The van der Waals surface area contributed by atoms with Crippen LogP contribution in [0.25, 0.3) is 0 Å². The highest BCUT2D eigenvalue weighted by Gasteiger charge is 2.04. The van der Waals surface area contributed by atoms with Gasteiger partial charge in [0.2, 0.25) is 0 Å². The minimum atomic E-state index is -0.220. The summed E-state index contributed by atoms with van der Waals surface area (Å²) in [6, 6.07) is 14.5. The van der Waals surface area contributed by atoms with E-state index in [1.807, 2.05) is 18.2 Å². The summed E-state index contributed by atoms with van der Waals surface area (Å²) < 4.78 is 18.8. The van der Waals surface area contributed by atoms with Crippen LogP contribution >= 0.6 is 0 Å². The van der Waals surface area contributed by atoms with Gasteiger partial charge in [-0.25, -0.2) is 4.39 Å². The molecule has 0 atom stereocenters. The van der Waals surface area contributed by atoms with Crippen LogP contribution in [0.1, 0.15) is 17.5 Å². The van der Waals surface area contributed by atoms with Crippen molar-refractivity contribution in [1.82, 2.24) is 4.90 Å². The molecule has 2 nitrogen and oxygen atoms in total. The van der Waals surface area contributed by atoms with Gasteiger partial charge in [-0.3, -0.25) is 0 Å². The Labute approximate surface area is 126 Å². The van der Waals surface area contributed by atoms with Crippen LogP contribution in [0.3, 0.4) is 0 Å². The molecule has 3 heteroatoms. The lowest BCUT2D eigenvalue weighted by Crippen LogP contribution is -2.13. The van der Waals surface area contributed by atoms with E-state index in [1.54, 1.807) is 12.1 Å². The third-order valence-electron chi connectivity index (χ3n) is 3.33. The molecular formula is C18H22FNO. The molecule has 2 aromatic rings. The number of ether oxygens (including phenoxy) is 1. The number of nitrogens with zero attached hydrogens (tertiary/aromatic N) is 1. The van der Waals surface area contributed by atoms with Crippen molar-refractivity contribution in [2.24, 2.45) is 0 Å². The van der Waals surface area contributed by atoms with Crippen molar-refractivity contribution >= 4 is 0 Å². The summed E-state index contributed by atoms with van der Waals surface area (Å²) in [6.07, 6.45) is 2.10. The number of aryl methyl sites for hydroxylation is 1. The third kappa shape index (κ3) is 5.20. The quantitative estimate of drug-likeness (QED) is 0.766. The van der Waals surface area contributed by atoms with Crippen molar-refractivity contribution in [3.05, 3.63) is 65.5 Å². The van der Waals surface area contributed by atoms with E-state index in [-0.39, 0.29) is 5.82 Å². The zero-order chi connectivity index (χ0) is 15.1. The van der Waals surface area contributed by atoms with Crippen molar-refractivity contribution < 1.29 is 9.13 Å². The zero-order valence-corrected chi connectivity index (χ0v) is 12.7. The molecule has 21 heavy (non-hydrogen) atoms. The Kier molecular flexibility index (Phi) is 5.76. The fourth-order valence-electron chi connectivity index (χ4n) is 2.18. The molecule has 112 valence electrons. The first-order valence-corrected chi connectivity index (χ1v) is 7.25. The molecule has 0 saturated heterocycles. The lowest BCUT2D eigenvalue weighted by atomic mass is 10.1. The van der Waals surface area contributed by atoms with E-state index in [4.69, 9.17) is 4.74 Å². The van der Waals surface area contributed by atoms with Gasteiger partial charge in [-0.05, 0) is 62.8 Å². The fourth-order valence-corrected chi connectivity index (χ4v) is 2.18. The predicted octanol–water partition coefficient (Wildman–Crippen LogP) is 3.90. The molecule has 2 rings (SSSR count). The largest absolute Gasteiger partial charge is 0.489 e. The number of rotatable bonds is 7. The Morgan fingerprint density at radius 2 is 1.71 bits per heavy atom. The van der Waals surface area contributed by atoms with E-state index < -0.39 is 0 Å². The van der Waals surface area contributed by atoms with Crippen molar-refractivity contribution in [1.29, 1.82) is 0 Å². The average Bonchev–Trinajstić information content (AvgIpc) is 2.47. The minimum absolute atomic E-state index is 0.220. The fraction of sp³-hybridized carbons (Fsp3) is 0.333. The molecule has 0 aromatic heterocycles. The van der Waals surface area contributed by atoms with Gasteiger partial charge >= 0.3 is 0 Å². The molecule has 0 heterocycles. The van der Waals surface area contributed by atoms with E-state index in [1.165, 1.54) is 17.7 Å². The Morgan fingerprint density at radius 3 is 2.43 bits per heavy atom. The first-order valence-electron chi connectivity index (χ1n) is 7.25. The smallest absolute Gasteiger partial charge is 0.123 e. The normalized spacial score (nSPS) is 10.9. The molecule has 0 bridgehead atoms. The maximum absolute atomic E-state index is 12.9. The predicted molar refractivity (Wildman–Crippen MR) is 84.0 cm³/mol. The van der Waals surface area contributed by atoms with Gasteiger partial charge in [0.1, 0.15) is 18.2 Å². The van der Waals surface area contributed by atoms with Crippen molar-refractivity contribution in [2.75, 3.05) is 20.6 Å². The molecule has 0 aliphatic rings. The maximum atomic E-state index is 12.9. The van der Waals surface area contributed by atoms with Crippen LogP contribution < -0.4 is 4.74 Å². The highest BCUT2D eigenvalue weighted by molar-refractivity contribution is 5.33. The van der Waals surface area contributed by atoms with E-state index in [2.05, 4.69) is 25.1 Å². The number of para-hydroxylation sites is 1. The Bertz CT molecular complexity index is 551. The summed E-state index contributed by atoms with van der Waals surface area (Å²) in [6.45, 7) is 1.53. The van der Waals surface area contributed by atoms with Crippen LogP contribution in [0.2, 0.25) is 0 Å². The number of halogens is 1. The van der Waals surface area contributed by atoms with Crippen LogP contribution in [0.4, 0.5) is 4.39 Å². The Hall–Kier alpha value is -1.87. The van der Waals surface area contributed by atoms with Gasteiger partial charge in [0.05, 0.1) is 0 Å². The number of hydrogen-bond donors (Lipinski definition) is 0. The van der Waals surface area contributed by atoms with Crippen molar-refractivity contribution in [3.63, 3.8) is 0 Å². The van der Waals surface area contributed by atoms with Gasteiger partial charge in [-0.15, -0.1) is 0 Å². The van der Waals surface area contributed by atoms with Crippen LogP contribution in [-0.2, 0) is 13.0 Å². The number of benzene rings is 2. The van der Waals surface area contributed by atoms with Gasteiger partial charge in [-0.2, -0.15) is 0 Å². The van der Waals surface area contributed by atoms with E-state index in [0.717, 1.165) is 30.7 Å². The minimum Gasteiger partial charge on any atom is -0.489 e. The molecule has 0 amide bonds. The standard InChI is InChI=1S/C18H22FNO/c1-20(2)13-5-7-16-6-3-4-8-18(16)21-14-15-9-11-17(19)12-10-15/h3-4,6,8-12H,5,7,13-14H2,1-2H3. The molecule has 0 spiro atoms. The molecule has 0 fully saturated rings. The van der Waals surface area contributed by atoms with Crippen LogP contribution in [0, 0.1) is 5.82 Å². The van der Waals surface area contributed by atoms with E-state index >= 15 is 0 Å². The molecule has 0 saturated carbocycles. The molecule has 0 radical (unpaired) electrons. The van der Waals surface area contributed by atoms with Gasteiger partial charge in [0.25, 0.3) is 0 Å². The first-order chi connectivity index (χ1) is 10.1. The first kappa shape index (κ1) is 15.5. The molecular weight excluding hydrogens is 265 g/mol. The van der Waals surface area contributed by atoms with E-state index in [9.17, 15) is 4.39 Å². The summed E-state index contributed by atoms with van der Waals surface area (Å²) in [5.74, 6) is 0.698. The van der Waals surface area contributed by atoms with Gasteiger partial charge in [0.15, 0.2) is 0 Å². The second kappa shape index (κ2) is 7.79. The Balaban J connectivity index is 1.94. The van der Waals surface area contributed by atoms with Crippen LogP contribution in [0.15, 0.2) is 48.5 Å². The second-order valence-electron chi connectivity index (χ2n) is 5.43. The van der Waals surface area contributed by atoms with Crippen LogP contribution in [0.5, 0.6) is 5.75 Å². The summed E-state index contributed by atoms with van der Waals surface area (Å²) in [4.78, 5) is 2.18. The van der Waals surface area contributed by atoms with Crippen LogP contribution in [-0.4, -0.2) is 25.5 Å². The van der Waals surface area contributed by atoms with Gasteiger partial charge < -0.3 is 9.64 Å². The SMILES string of the molecule is CN(C)CCCc1ccccc1OCc1ccc(F)cc1. The highest BCUT2D eigenvalue weighted by Crippen LogP contribution is 2.21. The third-order valence-corrected chi connectivity index (χ3v) is 3.33. The molecule has 0 N–H and O–H groups in total. The summed E-state index contributed by atoms with van der Waals surface area (Å²) >= 11 is 0. The van der Waals surface area contributed by atoms with E-state index in [0.29, 0.717) is 6.61 Å². The van der Waals surface area contributed by atoms with Crippen molar-refractivity contribution in [2.45, 2.75) is 19.4 Å². The lowest BCUT2D eigenvalue weighted by Gasteiger charge is -2.13. The number of hydrogen-bond acceptors (Lipinski definition) is 2. The molecule has 0 unspecified atom stereocenters. The monoisotopic (exact) mass is 287 g/mol. The second-order valence-corrected chi connectivity index (χ2v) is 5.43. The highest BCUT2D eigenvalue weighted by atomic mass is 19.1. The zero-order valence-electron chi connectivity index (χ0n) is 12.7. The summed E-state index contributed by atoms with van der Waals surface area (Å²) in [5.41, 5.74) is 2.20. The average molecular weight is 287 g/mol. The van der Waals surface area contributed by atoms with Gasteiger partial charge in [-0.1, -0.05) is 30.3 Å². The molecule has 0 aliphatic carbocycles. The maximum Gasteiger partial charge on any atom is 0.123 e. The summed E-state index contributed by atoms with van der Waals surface area (Å²) in [5, 5.41) is 0. The molecule has 0 aliphatic heterocycles. The summed E-state index contributed by atoms with van der Waals surface area (Å²) in [7, 11) is 4.16. The van der Waals surface area contributed by atoms with Gasteiger partial charge in [0, 0.05) is 0 Å². The topological polar surface area (TPSA) is 12.5 Å². The Morgan fingerprint density at radius 1 is 1.00 bits per heavy atom. The lowest BCUT2D eigenvalue weighted by molar-refractivity contribution is 0.302. The molecule has 2 aromatic carbocycles.